The second-order valence-electron chi connectivity index (χ2n) is 10.4. The van der Waals surface area contributed by atoms with Gasteiger partial charge in [-0.25, -0.2) is 8.42 Å². The first kappa shape index (κ1) is 31.4. The van der Waals surface area contributed by atoms with Crippen LogP contribution >= 0.6 is 24.0 Å². The minimum atomic E-state index is -3.24. The van der Waals surface area contributed by atoms with Gasteiger partial charge in [0.25, 0.3) is 0 Å². The van der Waals surface area contributed by atoms with E-state index in [2.05, 4.69) is 10.2 Å². The smallest absolute Gasteiger partial charge is 0.246 e. The van der Waals surface area contributed by atoms with E-state index in [1.807, 2.05) is 29.2 Å². The summed E-state index contributed by atoms with van der Waals surface area (Å²) in [7, 11) is -1.74. The lowest BCUT2D eigenvalue weighted by Gasteiger charge is -2.38. The van der Waals surface area contributed by atoms with Gasteiger partial charge in [-0.1, -0.05) is 35.9 Å². The molecular weight excluding hydrogens is 561 g/mol. The van der Waals surface area contributed by atoms with E-state index >= 15 is 0 Å². The molecule has 1 unspecified atom stereocenters. The first-order chi connectivity index (χ1) is 18.1. The minimum Gasteiger partial charge on any atom is -0.375 e. The number of piperidine rings is 1. The molecule has 2 amide bonds. The van der Waals surface area contributed by atoms with E-state index in [9.17, 15) is 18.0 Å². The molecule has 0 aliphatic carbocycles. The van der Waals surface area contributed by atoms with Crippen molar-refractivity contribution in [2.45, 2.75) is 43.2 Å². The van der Waals surface area contributed by atoms with Gasteiger partial charge >= 0.3 is 0 Å². The topological polar surface area (TPSA) is 96.0 Å². The predicted octanol–water partition coefficient (Wildman–Crippen LogP) is 3.87. The number of nitrogens with zero attached hydrogens (tertiary/aromatic N) is 2. The molecular formula is C28H37Cl2N3O5S. The van der Waals surface area contributed by atoms with Gasteiger partial charge in [0.2, 0.25) is 11.8 Å². The summed E-state index contributed by atoms with van der Waals surface area (Å²) in [4.78, 5) is 30.2. The van der Waals surface area contributed by atoms with Crippen molar-refractivity contribution in [3.63, 3.8) is 0 Å². The molecule has 11 heteroatoms. The highest BCUT2D eigenvalue weighted by Crippen LogP contribution is 2.42. The van der Waals surface area contributed by atoms with Crippen LogP contribution in [0, 0.1) is 5.41 Å². The molecule has 1 spiro atoms. The highest BCUT2D eigenvalue weighted by molar-refractivity contribution is 7.90. The van der Waals surface area contributed by atoms with Crippen LogP contribution in [0.3, 0.4) is 0 Å². The lowest BCUT2D eigenvalue weighted by atomic mass is 9.77. The maximum absolute atomic E-state index is 13.4. The summed E-state index contributed by atoms with van der Waals surface area (Å²) in [6.45, 7) is 3.68. The largest absolute Gasteiger partial charge is 0.375 e. The van der Waals surface area contributed by atoms with Crippen LogP contribution in [-0.2, 0) is 30.7 Å². The predicted molar refractivity (Wildman–Crippen MR) is 154 cm³/mol. The zero-order valence-corrected chi connectivity index (χ0v) is 24.8. The second kappa shape index (κ2) is 13.5. The third kappa shape index (κ3) is 7.95. The van der Waals surface area contributed by atoms with Gasteiger partial charge in [-0.05, 0) is 74.2 Å². The summed E-state index contributed by atoms with van der Waals surface area (Å²) in [5.41, 5.74) is 1.58. The Hall–Kier alpha value is -2.17. The maximum Gasteiger partial charge on any atom is 0.246 e. The number of carbonyl (C=O) groups is 2. The third-order valence-corrected chi connectivity index (χ3v) is 9.10. The van der Waals surface area contributed by atoms with Crippen LogP contribution in [0.5, 0.6) is 0 Å². The summed E-state index contributed by atoms with van der Waals surface area (Å²) in [6, 6.07) is 14.2. The molecule has 2 aromatic rings. The Labute approximate surface area is 242 Å². The van der Waals surface area contributed by atoms with E-state index in [0.717, 1.165) is 63.0 Å². The second-order valence-corrected chi connectivity index (χ2v) is 12.9. The lowest BCUT2D eigenvalue weighted by Crippen LogP contribution is -2.45. The van der Waals surface area contributed by atoms with Crippen molar-refractivity contribution >= 4 is 45.7 Å². The molecule has 4 rings (SSSR count). The number of methoxy groups -OCH3 is 1. The van der Waals surface area contributed by atoms with E-state index in [0.29, 0.717) is 11.6 Å². The van der Waals surface area contributed by atoms with Crippen LogP contribution in [0.4, 0.5) is 0 Å². The number of likely N-dealkylation sites (tertiary alicyclic amines) is 2. The van der Waals surface area contributed by atoms with Gasteiger partial charge in [0.15, 0.2) is 9.84 Å². The first-order valence-corrected chi connectivity index (χ1v) is 15.2. The Bertz CT molecular complexity index is 1250. The van der Waals surface area contributed by atoms with E-state index in [4.69, 9.17) is 16.3 Å². The van der Waals surface area contributed by atoms with Crippen molar-refractivity contribution < 1.29 is 22.7 Å². The molecule has 214 valence electrons. The number of amides is 2. The molecule has 1 atom stereocenters. The molecule has 0 saturated carbocycles. The number of sulfone groups is 1. The molecule has 2 saturated heterocycles. The summed E-state index contributed by atoms with van der Waals surface area (Å²) in [6.07, 6.45) is 4.39. The van der Waals surface area contributed by atoms with Gasteiger partial charge in [-0.2, -0.15) is 0 Å². The fourth-order valence-electron chi connectivity index (χ4n) is 5.50. The first-order valence-electron chi connectivity index (χ1n) is 12.9. The van der Waals surface area contributed by atoms with Crippen molar-refractivity contribution in [2.75, 3.05) is 46.2 Å². The molecule has 1 N–H and O–H groups in total. The molecule has 2 aliphatic heterocycles. The van der Waals surface area contributed by atoms with E-state index in [1.54, 1.807) is 24.3 Å². The van der Waals surface area contributed by atoms with E-state index < -0.39 is 9.84 Å². The van der Waals surface area contributed by atoms with Crippen molar-refractivity contribution in [3.8, 4) is 0 Å². The SMILES string of the molecule is COCC(=O)NC(CCN1CCC2(CC1)CCN(Cc1ccc(S(C)(=O)=O)cc1)C2=O)c1cccc(Cl)c1.Cl. The van der Waals surface area contributed by atoms with Gasteiger partial charge in [0.05, 0.1) is 16.4 Å². The van der Waals surface area contributed by atoms with Crippen LogP contribution in [0.15, 0.2) is 53.4 Å². The van der Waals surface area contributed by atoms with Crippen LogP contribution in [0.25, 0.3) is 0 Å². The number of halogens is 2. The van der Waals surface area contributed by atoms with E-state index in [-0.39, 0.29) is 47.2 Å². The third-order valence-electron chi connectivity index (χ3n) is 7.73. The van der Waals surface area contributed by atoms with Crippen molar-refractivity contribution in [1.29, 1.82) is 0 Å². The van der Waals surface area contributed by atoms with Crippen LogP contribution < -0.4 is 5.32 Å². The minimum absolute atomic E-state index is 0. The molecule has 0 radical (unpaired) electrons. The Kier molecular flexibility index (Phi) is 10.8. The van der Waals surface area contributed by atoms with Gasteiger partial charge in [-0.3, -0.25) is 9.59 Å². The summed E-state index contributed by atoms with van der Waals surface area (Å²) >= 11 is 6.20. The van der Waals surface area contributed by atoms with Crippen molar-refractivity contribution in [2.24, 2.45) is 5.41 Å². The molecule has 2 aromatic carbocycles. The highest BCUT2D eigenvalue weighted by Gasteiger charge is 2.47. The molecule has 39 heavy (non-hydrogen) atoms. The Morgan fingerprint density at radius 1 is 1.10 bits per heavy atom. The van der Waals surface area contributed by atoms with Gasteiger partial charge < -0.3 is 19.9 Å². The van der Waals surface area contributed by atoms with Gasteiger partial charge in [-0.15, -0.1) is 12.4 Å². The average molecular weight is 599 g/mol. The number of rotatable bonds is 10. The average Bonchev–Trinajstić information content (AvgIpc) is 3.17. The Balaban J connectivity index is 0.00000420. The summed E-state index contributed by atoms with van der Waals surface area (Å²) in [5.74, 6) is 0.0330. The lowest BCUT2D eigenvalue weighted by molar-refractivity contribution is -0.139. The van der Waals surface area contributed by atoms with Gasteiger partial charge in [0, 0.05) is 38.0 Å². The van der Waals surface area contributed by atoms with Crippen molar-refractivity contribution in [1.82, 2.24) is 15.1 Å². The molecule has 2 heterocycles. The van der Waals surface area contributed by atoms with Crippen molar-refractivity contribution in [3.05, 3.63) is 64.7 Å². The standard InChI is InChI=1S/C28H36ClN3O5S.ClH/c1-37-20-26(33)30-25(22-4-3-5-23(29)18-22)10-14-31-15-11-28(12-16-31)13-17-32(27(28)34)19-21-6-8-24(9-7-21)38(2,35)36;/h3-9,18,25H,10-17,19-20H2,1-2H3,(H,30,33);1H. The highest BCUT2D eigenvalue weighted by atomic mass is 35.5. The van der Waals surface area contributed by atoms with Crippen LogP contribution in [0.1, 0.15) is 42.9 Å². The maximum atomic E-state index is 13.4. The fourth-order valence-corrected chi connectivity index (χ4v) is 6.33. The number of hydrogen-bond acceptors (Lipinski definition) is 6. The monoisotopic (exact) mass is 597 g/mol. The van der Waals surface area contributed by atoms with E-state index in [1.165, 1.54) is 13.4 Å². The molecule has 8 nitrogen and oxygen atoms in total. The number of nitrogens with one attached hydrogen (secondary N) is 1. The Morgan fingerprint density at radius 3 is 2.38 bits per heavy atom. The summed E-state index contributed by atoms with van der Waals surface area (Å²) < 4.78 is 28.4. The summed E-state index contributed by atoms with van der Waals surface area (Å²) in [5, 5.41) is 3.68. The fraction of sp³-hybridized carbons (Fsp3) is 0.500. The molecule has 2 aliphatic rings. The van der Waals surface area contributed by atoms with Gasteiger partial charge in [0.1, 0.15) is 6.61 Å². The molecule has 0 bridgehead atoms. The zero-order valence-electron chi connectivity index (χ0n) is 22.4. The number of benzene rings is 2. The van der Waals surface area contributed by atoms with Crippen LogP contribution in [-0.4, -0.2) is 76.2 Å². The normalized spacial score (nSPS) is 18.1. The molecule has 2 fully saturated rings. The Morgan fingerprint density at radius 2 is 1.77 bits per heavy atom. The number of ether oxygens (including phenoxy) is 1. The number of carbonyl (C=O) groups excluding carboxylic acids is 2. The van der Waals surface area contributed by atoms with Crippen LogP contribution in [0.2, 0.25) is 5.02 Å². The quantitative estimate of drug-likeness (QED) is 0.446. The molecule has 0 aromatic heterocycles. The number of hydrogen-bond donors (Lipinski definition) is 1. The zero-order chi connectivity index (χ0) is 27.3.